The highest BCUT2D eigenvalue weighted by molar-refractivity contribution is 5.92. The molecule has 5 heteroatoms. The van der Waals surface area contributed by atoms with Crippen molar-refractivity contribution in [3.05, 3.63) is 75.6 Å². The SMILES string of the molecule is COc1ccc(Cn2c(=O)c(C(=O)O)cc3ccccc32)c(C)c1. The van der Waals surface area contributed by atoms with E-state index in [-0.39, 0.29) is 5.56 Å². The number of nitrogens with zero attached hydrogens (tertiary/aromatic N) is 1. The lowest BCUT2D eigenvalue weighted by Crippen LogP contribution is -2.27. The molecule has 1 heterocycles. The van der Waals surface area contributed by atoms with Gasteiger partial charge in [0.1, 0.15) is 11.3 Å². The molecule has 0 aliphatic rings. The smallest absolute Gasteiger partial charge is 0.341 e. The fraction of sp³-hybridized carbons (Fsp3) is 0.158. The molecular formula is C19H17NO4. The Bertz CT molecular complexity index is 988. The molecule has 5 nitrogen and oxygen atoms in total. The Morgan fingerprint density at radius 2 is 1.92 bits per heavy atom. The third-order valence-electron chi connectivity index (χ3n) is 4.11. The number of para-hydroxylation sites is 1. The van der Waals surface area contributed by atoms with E-state index in [0.29, 0.717) is 12.1 Å². The third kappa shape index (κ3) is 2.76. The molecule has 122 valence electrons. The zero-order valence-electron chi connectivity index (χ0n) is 13.4. The van der Waals surface area contributed by atoms with Gasteiger partial charge in [-0.25, -0.2) is 4.79 Å². The molecule has 0 unspecified atom stereocenters. The summed E-state index contributed by atoms with van der Waals surface area (Å²) in [5.74, 6) is -0.473. The Kier molecular flexibility index (Phi) is 4.08. The predicted molar refractivity (Wildman–Crippen MR) is 92.0 cm³/mol. The third-order valence-corrected chi connectivity index (χ3v) is 4.11. The highest BCUT2D eigenvalue weighted by Gasteiger charge is 2.15. The fourth-order valence-corrected chi connectivity index (χ4v) is 2.78. The summed E-state index contributed by atoms with van der Waals surface area (Å²) in [6.45, 7) is 2.24. The summed E-state index contributed by atoms with van der Waals surface area (Å²) in [5, 5.41) is 10.0. The molecule has 1 aromatic heterocycles. The Hall–Kier alpha value is -3.08. The number of aromatic carboxylic acids is 1. The lowest BCUT2D eigenvalue weighted by molar-refractivity contribution is 0.0694. The zero-order valence-corrected chi connectivity index (χ0v) is 13.4. The van der Waals surface area contributed by atoms with Crippen LogP contribution in [0.2, 0.25) is 0 Å². The first-order valence-corrected chi connectivity index (χ1v) is 7.50. The van der Waals surface area contributed by atoms with Crippen molar-refractivity contribution in [3.8, 4) is 5.75 Å². The molecule has 24 heavy (non-hydrogen) atoms. The molecule has 0 fully saturated rings. The van der Waals surface area contributed by atoms with Crippen LogP contribution in [-0.2, 0) is 6.54 Å². The molecule has 3 rings (SSSR count). The van der Waals surface area contributed by atoms with Gasteiger partial charge in [-0.15, -0.1) is 0 Å². The van der Waals surface area contributed by atoms with Crippen LogP contribution in [0.1, 0.15) is 21.5 Å². The van der Waals surface area contributed by atoms with E-state index in [2.05, 4.69) is 0 Å². The van der Waals surface area contributed by atoms with Crippen molar-refractivity contribution in [2.45, 2.75) is 13.5 Å². The molecule has 0 saturated carbocycles. The number of aryl methyl sites for hydroxylation is 1. The van der Waals surface area contributed by atoms with E-state index in [1.165, 1.54) is 10.6 Å². The Labute approximate surface area is 138 Å². The number of methoxy groups -OCH3 is 1. The highest BCUT2D eigenvalue weighted by atomic mass is 16.5. The molecule has 1 N–H and O–H groups in total. The first kappa shape index (κ1) is 15.8. The minimum Gasteiger partial charge on any atom is -0.497 e. The Morgan fingerprint density at radius 3 is 2.58 bits per heavy atom. The zero-order chi connectivity index (χ0) is 17.3. The number of carboxylic acids is 1. The molecule has 0 bridgehead atoms. The number of rotatable bonds is 4. The van der Waals surface area contributed by atoms with Gasteiger partial charge in [0.05, 0.1) is 19.2 Å². The van der Waals surface area contributed by atoms with Crippen molar-refractivity contribution < 1.29 is 14.6 Å². The van der Waals surface area contributed by atoms with E-state index in [0.717, 1.165) is 22.3 Å². The molecule has 0 aliphatic carbocycles. The van der Waals surface area contributed by atoms with Crippen molar-refractivity contribution in [1.29, 1.82) is 0 Å². The standard InChI is InChI=1S/C19H17NO4/c1-12-9-15(24-2)8-7-14(12)11-20-17-6-4-3-5-13(17)10-16(18(20)21)19(22)23/h3-10H,11H2,1-2H3,(H,22,23). The number of hydrogen-bond donors (Lipinski definition) is 1. The van der Waals surface area contributed by atoms with Crippen LogP contribution in [0, 0.1) is 6.92 Å². The topological polar surface area (TPSA) is 68.5 Å². The first-order valence-electron chi connectivity index (χ1n) is 7.50. The number of fused-ring (bicyclic) bond motifs is 1. The van der Waals surface area contributed by atoms with Crippen molar-refractivity contribution >= 4 is 16.9 Å². The van der Waals surface area contributed by atoms with Crippen molar-refractivity contribution in [1.82, 2.24) is 4.57 Å². The van der Waals surface area contributed by atoms with Gasteiger partial charge in [0.2, 0.25) is 0 Å². The van der Waals surface area contributed by atoms with Gasteiger partial charge < -0.3 is 14.4 Å². The lowest BCUT2D eigenvalue weighted by Gasteiger charge is -2.14. The molecule has 0 aliphatic heterocycles. The Morgan fingerprint density at radius 1 is 1.17 bits per heavy atom. The van der Waals surface area contributed by atoms with Crippen LogP contribution in [0.3, 0.4) is 0 Å². The predicted octanol–water partition coefficient (Wildman–Crippen LogP) is 3.07. The fourth-order valence-electron chi connectivity index (χ4n) is 2.78. The van der Waals surface area contributed by atoms with Gasteiger partial charge in [0.25, 0.3) is 5.56 Å². The number of benzene rings is 2. The maximum absolute atomic E-state index is 12.6. The van der Waals surface area contributed by atoms with E-state index in [9.17, 15) is 14.7 Å². The van der Waals surface area contributed by atoms with E-state index >= 15 is 0 Å². The van der Waals surface area contributed by atoms with Gasteiger partial charge in [0, 0.05) is 0 Å². The molecule has 3 aromatic rings. The van der Waals surface area contributed by atoms with Crippen LogP contribution >= 0.6 is 0 Å². The van der Waals surface area contributed by atoms with Crippen molar-refractivity contribution in [2.24, 2.45) is 0 Å². The first-order chi connectivity index (χ1) is 11.5. The maximum atomic E-state index is 12.6. The average Bonchev–Trinajstić information content (AvgIpc) is 2.58. The summed E-state index contributed by atoms with van der Waals surface area (Å²) >= 11 is 0. The second kappa shape index (κ2) is 6.20. The number of hydrogen-bond acceptors (Lipinski definition) is 3. The number of pyridine rings is 1. The summed E-state index contributed by atoms with van der Waals surface area (Å²) in [7, 11) is 1.60. The second-order valence-electron chi connectivity index (χ2n) is 5.61. The van der Waals surface area contributed by atoms with Crippen molar-refractivity contribution in [3.63, 3.8) is 0 Å². The molecule has 0 radical (unpaired) electrons. The molecule has 0 saturated heterocycles. The van der Waals surface area contributed by atoms with Gasteiger partial charge in [0.15, 0.2) is 0 Å². The molecule has 0 amide bonds. The monoisotopic (exact) mass is 323 g/mol. The normalized spacial score (nSPS) is 10.8. The van der Waals surface area contributed by atoms with Crippen molar-refractivity contribution in [2.75, 3.05) is 7.11 Å². The average molecular weight is 323 g/mol. The van der Waals surface area contributed by atoms with Crippen LogP contribution in [0.25, 0.3) is 10.9 Å². The van der Waals surface area contributed by atoms with Gasteiger partial charge in [-0.2, -0.15) is 0 Å². The second-order valence-corrected chi connectivity index (χ2v) is 5.61. The minimum atomic E-state index is -1.22. The number of aromatic nitrogens is 1. The molecule has 0 atom stereocenters. The van der Waals surface area contributed by atoms with Crippen LogP contribution in [0.15, 0.2) is 53.3 Å². The highest BCUT2D eigenvalue weighted by Crippen LogP contribution is 2.20. The molecule has 0 spiro atoms. The summed E-state index contributed by atoms with van der Waals surface area (Å²) in [5.41, 5.74) is 1.90. The number of ether oxygens (including phenoxy) is 1. The summed E-state index contributed by atoms with van der Waals surface area (Å²) in [4.78, 5) is 24.0. The van der Waals surface area contributed by atoms with Gasteiger partial charge in [-0.3, -0.25) is 4.79 Å². The summed E-state index contributed by atoms with van der Waals surface area (Å²) in [6, 6.07) is 14.3. The van der Waals surface area contributed by atoms with Crippen LogP contribution < -0.4 is 10.3 Å². The van der Waals surface area contributed by atoms with Crippen LogP contribution in [0.5, 0.6) is 5.75 Å². The van der Waals surface area contributed by atoms with E-state index in [1.807, 2.05) is 43.3 Å². The lowest BCUT2D eigenvalue weighted by atomic mass is 10.1. The van der Waals surface area contributed by atoms with E-state index in [4.69, 9.17) is 4.74 Å². The number of carboxylic acid groups (broad SMARTS) is 1. The number of carbonyl (C=O) groups is 1. The summed E-state index contributed by atoms with van der Waals surface area (Å²) in [6.07, 6.45) is 0. The van der Waals surface area contributed by atoms with E-state index < -0.39 is 11.5 Å². The molecule has 2 aromatic carbocycles. The van der Waals surface area contributed by atoms with Gasteiger partial charge in [-0.1, -0.05) is 24.3 Å². The molecular weight excluding hydrogens is 306 g/mol. The van der Waals surface area contributed by atoms with Gasteiger partial charge >= 0.3 is 5.97 Å². The minimum absolute atomic E-state index is 0.222. The van der Waals surface area contributed by atoms with Crippen LogP contribution in [-0.4, -0.2) is 22.8 Å². The maximum Gasteiger partial charge on any atom is 0.341 e. The Balaban J connectivity index is 2.20. The van der Waals surface area contributed by atoms with E-state index in [1.54, 1.807) is 13.2 Å². The largest absolute Gasteiger partial charge is 0.497 e. The quantitative estimate of drug-likeness (QED) is 0.801. The van der Waals surface area contributed by atoms with Gasteiger partial charge in [-0.05, 0) is 47.7 Å². The van der Waals surface area contributed by atoms with Crippen LogP contribution in [0.4, 0.5) is 0 Å². The summed E-state index contributed by atoms with van der Waals surface area (Å²) < 4.78 is 6.71.